The van der Waals surface area contributed by atoms with Crippen LogP contribution >= 0.6 is 0 Å². The van der Waals surface area contributed by atoms with Gasteiger partial charge in [0.15, 0.2) is 0 Å². The van der Waals surface area contributed by atoms with Gasteiger partial charge in [0.1, 0.15) is 0 Å². The molecule has 0 aromatic heterocycles. The Balaban J connectivity index is 1.80. The Labute approximate surface area is 123 Å². The van der Waals surface area contributed by atoms with E-state index in [0.29, 0.717) is 12.0 Å². The van der Waals surface area contributed by atoms with Gasteiger partial charge in [-0.05, 0) is 51.1 Å². The van der Waals surface area contributed by atoms with Crippen molar-refractivity contribution in [2.24, 2.45) is 5.92 Å². The zero-order chi connectivity index (χ0) is 14.2. The van der Waals surface area contributed by atoms with Crippen molar-refractivity contribution in [3.05, 3.63) is 0 Å². The van der Waals surface area contributed by atoms with E-state index in [1.165, 1.54) is 32.1 Å². The molecule has 1 atom stereocenters. The second-order valence-corrected chi connectivity index (χ2v) is 6.44. The summed E-state index contributed by atoms with van der Waals surface area (Å²) in [6.07, 6.45) is 9.74. The van der Waals surface area contributed by atoms with Gasteiger partial charge in [-0.3, -0.25) is 0 Å². The molecule has 2 amide bonds. The van der Waals surface area contributed by atoms with Crippen LogP contribution in [0.4, 0.5) is 4.79 Å². The van der Waals surface area contributed by atoms with Gasteiger partial charge in [-0.25, -0.2) is 4.79 Å². The fraction of sp³-hybridized carbons (Fsp3) is 0.938. The molecule has 1 aliphatic heterocycles. The topological polar surface area (TPSA) is 44.4 Å². The highest BCUT2D eigenvalue weighted by molar-refractivity contribution is 5.74. The van der Waals surface area contributed by atoms with Crippen LogP contribution in [0.25, 0.3) is 0 Å². The first-order chi connectivity index (χ1) is 9.79. The number of carbonyl (C=O) groups excluding carboxylic acids is 1. The van der Waals surface area contributed by atoms with Crippen LogP contribution in [0.15, 0.2) is 0 Å². The summed E-state index contributed by atoms with van der Waals surface area (Å²) in [6.45, 7) is 6.16. The number of nitrogens with zero attached hydrogens (tertiary/aromatic N) is 1. The molecule has 0 bridgehead atoms. The van der Waals surface area contributed by atoms with Crippen LogP contribution in [0.1, 0.15) is 58.3 Å². The first-order valence-corrected chi connectivity index (χ1v) is 8.55. The average Bonchev–Trinajstić information content (AvgIpc) is 2.49. The van der Waals surface area contributed by atoms with Crippen LogP contribution in [-0.2, 0) is 0 Å². The Morgan fingerprint density at radius 2 is 2.00 bits per heavy atom. The van der Waals surface area contributed by atoms with Gasteiger partial charge in [-0.15, -0.1) is 0 Å². The third kappa shape index (κ3) is 4.97. The minimum Gasteiger partial charge on any atom is -0.335 e. The van der Waals surface area contributed by atoms with E-state index in [1.807, 2.05) is 4.90 Å². The summed E-state index contributed by atoms with van der Waals surface area (Å²) >= 11 is 0. The number of hydrogen-bond acceptors (Lipinski definition) is 2. The average molecular weight is 281 g/mol. The Morgan fingerprint density at radius 3 is 2.65 bits per heavy atom. The minimum absolute atomic E-state index is 0.171. The molecule has 0 radical (unpaired) electrons. The summed E-state index contributed by atoms with van der Waals surface area (Å²) in [5.41, 5.74) is 0. The van der Waals surface area contributed by atoms with Crippen LogP contribution in [0.5, 0.6) is 0 Å². The SMILES string of the molecule is CCCN(CC1CCCNC1)C(=O)NC1CCCCC1. The quantitative estimate of drug-likeness (QED) is 0.814. The standard InChI is InChI=1S/C16H31N3O/c1-2-11-19(13-14-7-6-10-17-12-14)16(20)18-15-8-4-3-5-9-15/h14-15,17H,2-13H2,1H3,(H,18,20). The summed E-state index contributed by atoms with van der Waals surface area (Å²) in [7, 11) is 0. The number of hydrogen-bond donors (Lipinski definition) is 2. The van der Waals surface area contributed by atoms with Crippen molar-refractivity contribution in [2.45, 2.75) is 64.3 Å². The molecule has 1 aliphatic carbocycles. The van der Waals surface area contributed by atoms with E-state index in [1.54, 1.807) is 0 Å². The van der Waals surface area contributed by atoms with Crippen molar-refractivity contribution in [2.75, 3.05) is 26.2 Å². The molecule has 20 heavy (non-hydrogen) atoms. The lowest BCUT2D eigenvalue weighted by Crippen LogP contribution is -2.48. The van der Waals surface area contributed by atoms with Gasteiger partial charge in [0.2, 0.25) is 0 Å². The molecule has 1 saturated heterocycles. The van der Waals surface area contributed by atoms with Crippen LogP contribution in [-0.4, -0.2) is 43.2 Å². The molecule has 0 aromatic rings. The highest BCUT2D eigenvalue weighted by Gasteiger charge is 2.22. The number of carbonyl (C=O) groups is 1. The zero-order valence-corrected chi connectivity index (χ0v) is 13.0. The van der Waals surface area contributed by atoms with Gasteiger partial charge in [0.05, 0.1) is 0 Å². The first-order valence-electron chi connectivity index (χ1n) is 8.55. The van der Waals surface area contributed by atoms with Crippen LogP contribution in [0.3, 0.4) is 0 Å². The van der Waals surface area contributed by atoms with E-state index in [4.69, 9.17) is 0 Å². The molecule has 4 heteroatoms. The highest BCUT2D eigenvalue weighted by Crippen LogP contribution is 2.18. The zero-order valence-electron chi connectivity index (χ0n) is 13.0. The summed E-state index contributed by atoms with van der Waals surface area (Å²) in [4.78, 5) is 14.5. The fourth-order valence-electron chi connectivity index (χ4n) is 3.45. The second-order valence-electron chi connectivity index (χ2n) is 6.44. The largest absolute Gasteiger partial charge is 0.335 e. The fourth-order valence-corrected chi connectivity index (χ4v) is 3.45. The number of urea groups is 1. The number of amides is 2. The molecule has 1 heterocycles. The number of piperidine rings is 1. The van der Waals surface area contributed by atoms with Crippen LogP contribution < -0.4 is 10.6 Å². The smallest absolute Gasteiger partial charge is 0.317 e. The Hall–Kier alpha value is -0.770. The van der Waals surface area contributed by atoms with Crippen molar-refractivity contribution in [3.63, 3.8) is 0 Å². The highest BCUT2D eigenvalue weighted by atomic mass is 16.2. The van der Waals surface area contributed by atoms with Crippen molar-refractivity contribution < 1.29 is 4.79 Å². The Kier molecular flexibility index (Phi) is 6.64. The predicted octanol–water partition coefficient (Wildman–Crippen LogP) is 2.74. The lowest BCUT2D eigenvalue weighted by molar-refractivity contribution is 0.174. The third-order valence-electron chi connectivity index (χ3n) is 4.59. The van der Waals surface area contributed by atoms with Gasteiger partial charge in [-0.1, -0.05) is 26.2 Å². The molecule has 116 valence electrons. The molecule has 0 aromatic carbocycles. The summed E-state index contributed by atoms with van der Waals surface area (Å²) in [6, 6.07) is 0.587. The lowest BCUT2D eigenvalue weighted by Gasteiger charge is -2.32. The number of nitrogens with one attached hydrogen (secondary N) is 2. The normalized spacial score (nSPS) is 24.4. The monoisotopic (exact) mass is 281 g/mol. The summed E-state index contributed by atoms with van der Waals surface area (Å²) < 4.78 is 0. The molecule has 2 aliphatic rings. The van der Waals surface area contributed by atoms with Gasteiger partial charge in [0.25, 0.3) is 0 Å². The Morgan fingerprint density at radius 1 is 1.20 bits per heavy atom. The van der Waals surface area contributed by atoms with E-state index in [2.05, 4.69) is 17.6 Å². The van der Waals surface area contributed by atoms with E-state index >= 15 is 0 Å². The maximum Gasteiger partial charge on any atom is 0.317 e. The van der Waals surface area contributed by atoms with Gasteiger partial charge in [0, 0.05) is 19.1 Å². The number of rotatable bonds is 5. The van der Waals surface area contributed by atoms with Crippen LogP contribution in [0, 0.1) is 5.92 Å². The second kappa shape index (κ2) is 8.50. The van der Waals surface area contributed by atoms with E-state index in [-0.39, 0.29) is 6.03 Å². The van der Waals surface area contributed by atoms with Gasteiger partial charge >= 0.3 is 6.03 Å². The van der Waals surface area contributed by atoms with Crippen molar-refractivity contribution >= 4 is 6.03 Å². The molecule has 2 N–H and O–H groups in total. The van der Waals surface area contributed by atoms with Crippen molar-refractivity contribution in [1.29, 1.82) is 0 Å². The Bertz CT molecular complexity index is 283. The van der Waals surface area contributed by atoms with E-state index in [9.17, 15) is 4.79 Å². The van der Waals surface area contributed by atoms with Gasteiger partial charge < -0.3 is 15.5 Å². The van der Waals surface area contributed by atoms with Crippen molar-refractivity contribution in [3.8, 4) is 0 Å². The first kappa shape index (κ1) is 15.6. The maximum atomic E-state index is 12.5. The van der Waals surface area contributed by atoms with E-state index in [0.717, 1.165) is 45.4 Å². The summed E-state index contributed by atoms with van der Waals surface area (Å²) in [5, 5.41) is 6.70. The molecule has 1 saturated carbocycles. The molecular weight excluding hydrogens is 250 g/mol. The third-order valence-corrected chi connectivity index (χ3v) is 4.59. The minimum atomic E-state index is 0.171. The maximum absolute atomic E-state index is 12.5. The molecule has 0 spiro atoms. The van der Waals surface area contributed by atoms with E-state index < -0.39 is 0 Å². The van der Waals surface area contributed by atoms with Gasteiger partial charge in [-0.2, -0.15) is 0 Å². The molecule has 1 unspecified atom stereocenters. The van der Waals surface area contributed by atoms with Crippen LogP contribution in [0.2, 0.25) is 0 Å². The molecule has 4 nitrogen and oxygen atoms in total. The molecule has 2 fully saturated rings. The molecule has 2 rings (SSSR count). The lowest BCUT2D eigenvalue weighted by atomic mass is 9.95. The summed E-state index contributed by atoms with van der Waals surface area (Å²) in [5.74, 6) is 0.632. The molecular formula is C16H31N3O. The predicted molar refractivity (Wildman–Crippen MR) is 82.9 cm³/mol. The van der Waals surface area contributed by atoms with Crippen molar-refractivity contribution in [1.82, 2.24) is 15.5 Å².